The number of nitrogens with zero attached hydrogens (tertiary/aromatic N) is 1. The summed E-state index contributed by atoms with van der Waals surface area (Å²) in [5.74, 6) is 0.766. The second kappa shape index (κ2) is 8.17. The Morgan fingerprint density at radius 3 is 2.68 bits per heavy atom. The number of hydrogen-bond donors (Lipinski definition) is 1. The van der Waals surface area contributed by atoms with Gasteiger partial charge in [0.1, 0.15) is 0 Å². The number of hydrogen-bond acceptors (Lipinski definition) is 3. The van der Waals surface area contributed by atoms with Gasteiger partial charge in [-0.05, 0) is 36.1 Å². The summed E-state index contributed by atoms with van der Waals surface area (Å²) in [5.41, 5.74) is 3.05. The highest BCUT2D eigenvalue weighted by Crippen LogP contribution is 2.27. The van der Waals surface area contributed by atoms with Gasteiger partial charge < -0.3 is 5.32 Å². The van der Waals surface area contributed by atoms with E-state index in [1.165, 1.54) is 17.3 Å². The first-order valence-corrected chi connectivity index (χ1v) is 9.53. The fourth-order valence-electron chi connectivity index (χ4n) is 2.71. The Labute approximate surface area is 152 Å². The van der Waals surface area contributed by atoms with E-state index in [9.17, 15) is 4.79 Å². The van der Waals surface area contributed by atoms with Gasteiger partial charge in [0, 0.05) is 11.1 Å². The van der Waals surface area contributed by atoms with E-state index in [1.54, 1.807) is 0 Å². The molecule has 0 aliphatic carbocycles. The Hall–Kier alpha value is -2.33. The van der Waals surface area contributed by atoms with Gasteiger partial charge in [-0.15, -0.1) is 0 Å². The Bertz CT molecular complexity index is 878. The Morgan fingerprint density at radius 2 is 1.84 bits per heavy atom. The quantitative estimate of drug-likeness (QED) is 0.599. The molecule has 2 aromatic carbocycles. The number of para-hydroxylation sites is 2. The van der Waals surface area contributed by atoms with Crippen LogP contribution in [0.3, 0.4) is 0 Å². The minimum absolute atomic E-state index is 0.00397. The van der Waals surface area contributed by atoms with Crippen LogP contribution in [-0.4, -0.2) is 16.6 Å². The van der Waals surface area contributed by atoms with Gasteiger partial charge in [0.25, 0.3) is 0 Å². The highest BCUT2D eigenvalue weighted by Gasteiger charge is 2.11. The fraction of sp³-hybridized carbons (Fsp3) is 0.238. The predicted molar refractivity (Wildman–Crippen MR) is 106 cm³/mol. The Kier molecular flexibility index (Phi) is 5.71. The van der Waals surface area contributed by atoms with Crippen molar-refractivity contribution < 1.29 is 4.79 Å². The zero-order chi connectivity index (χ0) is 17.6. The number of aromatic nitrogens is 1. The molecule has 3 rings (SSSR count). The SMILES string of the molecule is CC[C@H](C)c1ccccc1NC(=O)CSc1ccc2ccccc2n1. The number of rotatable bonds is 6. The van der Waals surface area contributed by atoms with Gasteiger partial charge >= 0.3 is 0 Å². The molecule has 4 heteroatoms. The van der Waals surface area contributed by atoms with Crippen molar-refractivity contribution >= 4 is 34.3 Å². The predicted octanol–water partition coefficient (Wildman–Crippen LogP) is 5.48. The first-order chi connectivity index (χ1) is 12.2. The lowest BCUT2D eigenvalue weighted by Crippen LogP contribution is -2.15. The van der Waals surface area contributed by atoms with Crippen LogP contribution in [0, 0.1) is 0 Å². The van der Waals surface area contributed by atoms with E-state index in [1.807, 2.05) is 54.6 Å². The van der Waals surface area contributed by atoms with Crippen LogP contribution >= 0.6 is 11.8 Å². The molecule has 1 atom stereocenters. The second-order valence-electron chi connectivity index (χ2n) is 6.08. The smallest absolute Gasteiger partial charge is 0.234 e. The number of benzene rings is 2. The number of anilines is 1. The molecule has 0 aliphatic heterocycles. The molecular formula is C21H22N2OS. The van der Waals surface area contributed by atoms with Crippen LogP contribution < -0.4 is 5.32 Å². The molecule has 1 heterocycles. The zero-order valence-electron chi connectivity index (χ0n) is 14.5. The molecule has 0 aliphatic rings. The third kappa shape index (κ3) is 4.40. The van der Waals surface area contributed by atoms with E-state index in [0.29, 0.717) is 11.7 Å². The number of nitrogens with one attached hydrogen (secondary N) is 1. The molecule has 0 saturated heterocycles. The summed E-state index contributed by atoms with van der Waals surface area (Å²) in [4.78, 5) is 16.9. The molecule has 0 saturated carbocycles. The van der Waals surface area contributed by atoms with Crippen molar-refractivity contribution in [1.29, 1.82) is 0 Å². The minimum atomic E-state index is -0.00397. The van der Waals surface area contributed by atoms with E-state index >= 15 is 0 Å². The highest BCUT2D eigenvalue weighted by molar-refractivity contribution is 7.99. The van der Waals surface area contributed by atoms with Gasteiger partial charge in [0.2, 0.25) is 5.91 Å². The van der Waals surface area contributed by atoms with Crippen LogP contribution in [0.5, 0.6) is 0 Å². The van der Waals surface area contributed by atoms with Crippen molar-refractivity contribution in [3.63, 3.8) is 0 Å². The van der Waals surface area contributed by atoms with Gasteiger partial charge in [0.05, 0.1) is 16.3 Å². The maximum absolute atomic E-state index is 12.4. The molecule has 1 aromatic heterocycles. The van der Waals surface area contributed by atoms with Crippen molar-refractivity contribution in [3.05, 3.63) is 66.2 Å². The average molecular weight is 350 g/mol. The largest absolute Gasteiger partial charge is 0.325 e. The van der Waals surface area contributed by atoms with E-state index in [-0.39, 0.29) is 5.91 Å². The molecule has 0 unspecified atom stereocenters. The van der Waals surface area contributed by atoms with E-state index in [2.05, 4.69) is 30.2 Å². The number of thioether (sulfide) groups is 1. The lowest BCUT2D eigenvalue weighted by Gasteiger charge is -2.15. The summed E-state index contributed by atoms with van der Waals surface area (Å²) in [6.07, 6.45) is 1.04. The van der Waals surface area contributed by atoms with Crippen molar-refractivity contribution in [2.24, 2.45) is 0 Å². The topological polar surface area (TPSA) is 42.0 Å². The van der Waals surface area contributed by atoms with E-state index in [0.717, 1.165) is 28.0 Å². The van der Waals surface area contributed by atoms with Gasteiger partial charge in [0.15, 0.2) is 0 Å². The van der Waals surface area contributed by atoms with Crippen LogP contribution in [0.15, 0.2) is 65.7 Å². The standard InChI is InChI=1S/C21H22N2OS/c1-3-15(2)17-9-5-7-11-19(17)22-20(24)14-25-21-13-12-16-8-4-6-10-18(16)23-21/h4-13,15H,3,14H2,1-2H3,(H,22,24)/t15-/m0/s1. The van der Waals surface area contributed by atoms with Gasteiger partial charge in [-0.25, -0.2) is 4.98 Å². The van der Waals surface area contributed by atoms with Crippen LogP contribution in [0.1, 0.15) is 31.7 Å². The number of carbonyl (C=O) groups is 1. The molecule has 1 amide bonds. The molecule has 25 heavy (non-hydrogen) atoms. The summed E-state index contributed by atoms with van der Waals surface area (Å²) in [6, 6.07) is 20.0. The lowest BCUT2D eigenvalue weighted by atomic mass is 9.97. The summed E-state index contributed by atoms with van der Waals surface area (Å²) in [7, 11) is 0. The summed E-state index contributed by atoms with van der Waals surface area (Å²) in [6.45, 7) is 4.34. The third-order valence-corrected chi connectivity index (χ3v) is 5.23. The Morgan fingerprint density at radius 1 is 1.08 bits per heavy atom. The highest BCUT2D eigenvalue weighted by atomic mass is 32.2. The molecular weight excluding hydrogens is 328 g/mol. The number of carbonyl (C=O) groups excluding carboxylic acids is 1. The number of fused-ring (bicyclic) bond motifs is 1. The minimum Gasteiger partial charge on any atom is -0.325 e. The van der Waals surface area contributed by atoms with Gasteiger partial charge in [-0.2, -0.15) is 0 Å². The van der Waals surface area contributed by atoms with Crippen LogP contribution in [0.25, 0.3) is 10.9 Å². The normalized spacial score (nSPS) is 12.1. The molecule has 0 radical (unpaired) electrons. The maximum atomic E-state index is 12.4. The number of pyridine rings is 1. The van der Waals surface area contributed by atoms with Crippen LogP contribution in [-0.2, 0) is 4.79 Å². The monoisotopic (exact) mass is 350 g/mol. The molecule has 0 fully saturated rings. The molecule has 0 bridgehead atoms. The molecule has 0 spiro atoms. The van der Waals surface area contributed by atoms with Crippen LogP contribution in [0.4, 0.5) is 5.69 Å². The summed E-state index contributed by atoms with van der Waals surface area (Å²) >= 11 is 1.46. The second-order valence-corrected chi connectivity index (χ2v) is 7.07. The molecule has 3 aromatic rings. The van der Waals surface area contributed by atoms with E-state index in [4.69, 9.17) is 0 Å². The average Bonchev–Trinajstić information content (AvgIpc) is 2.66. The summed E-state index contributed by atoms with van der Waals surface area (Å²) in [5, 5.41) is 5.02. The maximum Gasteiger partial charge on any atom is 0.234 e. The van der Waals surface area contributed by atoms with Crippen molar-refractivity contribution in [1.82, 2.24) is 4.98 Å². The first kappa shape index (κ1) is 17.5. The van der Waals surface area contributed by atoms with Crippen LogP contribution in [0.2, 0.25) is 0 Å². The third-order valence-electron chi connectivity index (χ3n) is 4.30. The van der Waals surface area contributed by atoms with Crippen molar-refractivity contribution in [3.8, 4) is 0 Å². The molecule has 1 N–H and O–H groups in total. The van der Waals surface area contributed by atoms with Crippen molar-refractivity contribution in [2.45, 2.75) is 31.2 Å². The van der Waals surface area contributed by atoms with Gasteiger partial charge in [-0.3, -0.25) is 4.79 Å². The number of amides is 1. The molecule has 3 nitrogen and oxygen atoms in total. The Balaban J connectivity index is 1.65. The van der Waals surface area contributed by atoms with E-state index < -0.39 is 0 Å². The van der Waals surface area contributed by atoms with Gasteiger partial charge in [-0.1, -0.05) is 68.1 Å². The molecule has 128 valence electrons. The lowest BCUT2D eigenvalue weighted by molar-refractivity contribution is -0.113. The zero-order valence-corrected chi connectivity index (χ0v) is 15.3. The first-order valence-electron chi connectivity index (χ1n) is 8.54. The summed E-state index contributed by atoms with van der Waals surface area (Å²) < 4.78 is 0. The fourth-order valence-corrected chi connectivity index (χ4v) is 3.39. The van der Waals surface area contributed by atoms with Crippen molar-refractivity contribution in [2.75, 3.05) is 11.1 Å².